The number of anilines is 1. The predicted molar refractivity (Wildman–Crippen MR) is 115 cm³/mol. The number of Topliss-reactive ketones (excluding diaryl/α,β-unsaturated/α-hetero) is 1. The molecule has 0 N–H and O–H groups in total. The van der Waals surface area contributed by atoms with Crippen LogP contribution in [0.2, 0.25) is 0 Å². The number of hydrogen-bond donors (Lipinski definition) is 0. The van der Waals surface area contributed by atoms with Crippen LogP contribution in [-0.2, 0) is 4.79 Å². The lowest BCUT2D eigenvalue weighted by Crippen LogP contribution is -2.57. The number of likely N-dealkylation sites (N-methyl/N-ethyl adjacent to an activating group) is 1. The molecule has 1 aromatic rings. The van der Waals surface area contributed by atoms with Crippen LogP contribution in [0.4, 0.5) is 5.82 Å². The minimum Gasteiger partial charge on any atom is -0.348 e. The fourth-order valence-corrected chi connectivity index (χ4v) is 5.11. The summed E-state index contributed by atoms with van der Waals surface area (Å²) in [5.41, 5.74) is 0. The fourth-order valence-electron chi connectivity index (χ4n) is 5.11. The zero-order valence-corrected chi connectivity index (χ0v) is 18.4. The number of rotatable bonds is 6. The van der Waals surface area contributed by atoms with Crippen molar-refractivity contribution >= 4 is 11.6 Å². The van der Waals surface area contributed by atoms with E-state index in [4.69, 9.17) is 4.98 Å². The van der Waals surface area contributed by atoms with E-state index in [1.807, 2.05) is 20.0 Å². The predicted octanol–water partition coefficient (Wildman–Crippen LogP) is 4.28. The minimum absolute atomic E-state index is 0.148. The van der Waals surface area contributed by atoms with E-state index in [1.165, 1.54) is 0 Å². The second kappa shape index (κ2) is 9.34. The third-order valence-electron chi connectivity index (χ3n) is 6.76. The molecule has 5 heteroatoms. The van der Waals surface area contributed by atoms with Crippen molar-refractivity contribution in [1.29, 1.82) is 0 Å². The first kappa shape index (κ1) is 21.2. The fraction of sp³-hybridized carbons (Fsp3) is 0.783. The molecule has 2 heterocycles. The van der Waals surface area contributed by atoms with Gasteiger partial charge in [0, 0.05) is 49.1 Å². The van der Waals surface area contributed by atoms with Gasteiger partial charge in [-0.05, 0) is 51.6 Å². The normalized spacial score (nSPS) is 29.3. The summed E-state index contributed by atoms with van der Waals surface area (Å²) in [5, 5.41) is 0. The number of piperazine rings is 1. The van der Waals surface area contributed by atoms with Gasteiger partial charge < -0.3 is 9.80 Å². The quantitative estimate of drug-likeness (QED) is 0.730. The minimum atomic E-state index is 0.148. The van der Waals surface area contributed by atoms with Gasteiger partial charge in [0.2, 0.25) is 0 Å². The van der Waals surface area contributed by atoms with Crippen molar-refractivity contribution in [3.63, 3.8) is 0 Å². The molecule has 3 rings (SSSR count). The van der Waals surface area contributed by atoms with Crippen molar-refractivity contribution in [1.82, 2.24) is 14.9 Å². The molecule has 1 saturated heterocycles. The van der Waals surface area contributed by atoms with E-state index >= 15 is 0 Å². The number of nitrogens with zero attached hydrogens (tertiary/aromatic N) is 4. The highest BCUT2D eigenvalue weighted by molar-refractivity contribution is 5.82. The summed E-state index contributed by atoms with van der Waals surface area (Å²) in [5.74, 6) is 3.29. The van der Waals surface area contributed by atoms with Crippen LogP contribution in [0.15, 0.2) is 12.3 Å². The van der Waals surface area contributed by atoms with Crippen LogP contribution in [0.5, 0.6) is 0 Å². The molecule has 0 spiro atoms. The van der Waals surface area contributed by atoms with Gasteiger partial charge >= 0.3 is 0 Å². The summed E-state index contributed by atoms with van der Waals surface area (Å²) in [6.07, 6.45) is 8.23. The molecule has 2 unspecified atom stereocenters. The third-order valence-corrected chi connectivity index (χ3v) is 6.76. The van der Waals surface area contributed by atoms with Crippen molar-refractivity contribution < 1.29 is 4.79 Å². The summed E-state index contributed by atoms with van der Waals surface area (Å²) in [4.78, 5) is 27.0. The standard InChI is InChI=1S/C23H38N4O/c1-6-19-14-26(5)15-20(7-2)27(19)21-12-13-24-23(25-21)18-10-8-17(9-11-18)22(28)16(3)4/h12-13,16-20H,6-11,14-15H2,1-5H3/t17-,18-,19?,20?. The van der Waals surface area contributed by atoms with E-state index in [9.17, 15) is 4.79 Å². The Morgan fingerprint density at radius 2 is 1.71 bits per heavy atom. The molecule has 1 aliphatic carbocycles. The Kier molecular flexibility index (Phi) is 7.08. The topological polar surface area (TPSA) is 49.3 Å². The van der Waals surface area contributed by atoms with Gasteiger partial charge in [-0.1, -0.05) is 27.7 Å². The smallest absolute Gasteiger partial charge is 0.138 e. The molecule has 0 amide bonds. The summed E-state index contributed by atoms with van der Waals surface area (Å²) in [7, 11) is 2.23. The largest absolute Gasteiger partial charge is 0.348 e. The van der Waals surface area contributed by atoms with Gasteiger partial charge in [-0.2, -0.15) is 0 Å². The number of carbonyl (C=O) groups is 1. The zero-order valence-electron chi connectivity index (χ0n) is 18.4. The molecule has 5 nitrogen and oxygen atoms in total. The maximum Gasteiger partial charge on any atom is 0.138 e. The molecule has 2 fully saturated rings. The van der Waals surface area contributed by atoms with Crippen LogP contribution >= 0.6 is 0 Å². The van der Waals surface area contributed by atoms with Crippen molar-refractivity contribution in [2.45, 2.75) is 84.2 Å². The van der Waals surface area contributed by atoms with Gasteiger partial charge in [0.15, 0.2) is 0 Å². The first-order valence-corrected chi connectivity index (χ1v) is 11.3. The molecule has 1 aliphatic heterocycles. The van der Waals surface area contributed by atoms with Gasteiger partial charge in [0.05, 0.1) is 0 Å². The van der Waals surface area contributed by atoms with Crippen molar-refractivity contribution in [2.75, 3.05) is 25.0 Å². The Morgan fingerprint density at radius 3 is 2.25 bits per heavy atom. The van der Waals surface area contributed by atoms with E-state index in [0.29, 0.717) is 23.8 Å². The molecule has 1 aromatic heterocycles. The van der Waals surface area contributed by atoms with Crippen molar-refractivity contribution in [3.8, 4) is 0 Å². The Hall–Kier alpha value is -1.49. The van der Waals surface area contributed by atoms with Gasteiger partial charge in [-0.25, -0.2) is 9.97 Å². The summed E-state index contributed by atoms with van der Waals surface area (Å²) in [6, 6.07) is 3.10. The molecule has 156 valence electrons. The number of carbonyl (C=O) groups excluding carboxylic acids is 1. The van der Waals surface area contributed by atoms with Gasteiger partial charge in [-0.15, -0.1) is 0 Å². The molecule has 0 aromatic carbocycles. The molecule has 1 saturated carbocycles. The highest BCUT2D eigenvalue weighted by Gasteiger charge is 2.33. The average molecular weight is 387 g/mol. The van der Waals surface area contributed by atoms with Crippen LogP contribution in [0.25, 0.3) is 0 Å². The van der Waals surface area contributed by atoms with E-state index in [-0.39, 0.29) is 11.8 Å². The lowest BCUT2D eigenvalue weighted by molar-refractivity contribution is -0.126. The monoisotopic (exact) mass is 386 g/mol. The molecular formula is C23H38N4O. The zero-order chi connectivity index (χ0) is 20.3. The Bertz CT molecular complexity index is 640. The Morgan fingerprint density at radius 1 is 1.11 bits per heavy atom. The highest BCUT2D eigenvalue weighted by Crippen LogP contribution is 2.36. The lowest BCUT2D eigenvalue weighted by atomic mass is 9.77. The van der Waals surface area contributed by atoms with Gasteiger partial charge in [0.25, 0.3) is 0 Å². The molecule has 28 heavy (non-hydrogen) atoms. The first-order chi connectivity index (χ1) is 13.4. The second-order valence-electron chi connectivity index (χ2n) is 9.13. The summed E-state index contributed by atoms with van der Waals surface area (Å²) in [6.45, 7) is 10.8. The van der Waals surface area contributed by atoms with E-state index in [1.54, 1.807) is 0 Å². The van der Waals surface area contributed by atoms with Gasteiger partial charge in [-0.3, -0.25) is 4.79 Å². The summed E-state index contributed by atoms with van der Waals surface area (Å²) < 4.78 is 0. The molecule has 2 aliphatic rings. The van der Waals surface area contributed by atoms with Gasteiger partial charge in [0.1, 0.15) is 17.4 Å². The third kappa shape index (κ3) is 4.56. The average Bonchev–Trinajstić information content (AvgIpc) is 2.72. The van der Waals surface area contributed by atoms with E-state index in [2.05, 4.69) is 41.7 Å². The molecule has 0 radical (unpaired) electrons. The number of aromatic nitrogens is 2. The Balaban J connectivity index is 1.74. The SMILES string of the molecule is CCC1CN(C)CC(CC)N1c1ccnc([C@H]2CC[C@H](C(=O)C(C)C)CC2)n1. The first-order valence-electron chi connectivity index (χ1n) is 11.3. The summed E-state index contributed by atoms with van der Waals surface area (Å²) >= 11 is 0. The highest BCUT2D eigenvalue weighted by atomic mass is 16.1. The number of hydrogen-bond acceptors (Lipinski definition) is 5. The lowest BCUT2D eigenvalue weighted by Gasteiger charge is -2.46. The maximum absolute atomic E-state index is 12.3. The second-order valence-corrected chi connectivity index (χ2v) is 9.13. The van der Waals surface area contributed by atoms with E-state index < -0.39 is 0 Å². The van der Waals surface area contributed by atoms with Crippen molar-refractivity contribution in [2.24, 2.45) is 11.8 Å². The molecule has 2 atom stereocenters. The Labute approximate surface area is 170 Å². The number of ketones is 1. The van der Waals surface area contributed by atoms with Crippen LogP contribution < -0.4 is 4.90 Å². The van der Waals surface area contributed by atoms with Crippen LogP contribution in [-0.4, -0.2) is 52.9 Å². The molecule has 0 bridgehead atoms. The van der Waals surface area contributed by atoms with E-state index in [0.717, 1.165) is 63.3 Å². The maximum atomic E-state index is 12.3. The van der Waals surface area contributed by atoms with Crippen LogP contribution in [0.1, 0.15) is 78.0 Å². The van der Waals surface area contributed by atoms with Crippen LogP contribution in [0.3, 0.4) is 0 Å². The van der Waals surface area contributed by atoms with Crippen molar-refractivity contribution in [3.05, 3.63) is 18.1 Å². The van der Waals surface area contributed by atoms with Crippen LogP contribution in [0, 0.1) is 11.8 Å². The molecular weight excluding hydrogens is 348 g/mol.